The van der Waals surface area contributed by atoms with E-state index in [1.165, 1.54) is 6.21 Å². The zero-order valence-corrected chi connectivity index (χ0v) is 11.9. The molecule has 0 bridgehead atoms. The average Bonchev–Trinajstić information content (AvgIpc) is 2.50. The first kappa shape index (κ1) is 14.6. The Morgan fingerprint density at radius 1 is 1.30 bits per heavy atom. The highest BCUT2D eigenvalue weighted by Crippen LogP contribution is 2.28. The molecule has 0 amide bonds. The first-order valence-corrected chi connectivity index (χ1v) is 6.64. The van der Waals surface area contributed by atoms with Gasteiger partial charge in [-0.25, -0.2) is 0 Å². The minimum Gasteiger partial charge on any atom is -0.497 e. The molecule has 6 heteroatoms. The Labute approximate surface area is 119 Å². The number of piperazine rings is 1. The monoisotopic (exact) mass is 279 g/mol. The Morgan fingerprint density at radius 2 is 2.05 bits per heavy atom. The molecule has 1 aromatic carbocycles. The summed E-state index contributed by atoms with van der Waals surface area (Å²) >= 11 is 0. The maximum Gasteiger partial charge on any atom is 0.131 e. The van der Waals surface area contributed by atoms with Crippen molar-refractivity contribution in [3.05, 3.63) is 23.3 Å². The van der Waals surface area contributed by atoms with E-state index in [4.69, 9.17) is 14.7 Å². The second kappa shape index (κ2) is 7.12. The minimum atomic E-state index is 0.646. The average molecular weight is 279 g/mol. The van der Waals surface area contributed by atoms with Gasteiger partial charge >= 0.3 is 0 Å². The number of hydrogen-bond acceptors (Lipinski definition) is 6. The van der Waals surface area contributed by atoms with Gasteiger partial charge < -0.3 is 20.0 Å². The lowest BCUT2D eigenvalue weighted by molar-refractivity contribution is 0.232. The van der Waals surface area contributed by atoms with Crippen molar-refractivity contribution >= 4 is 6.21 Å². The van der Waals surface area contributed by atoms with Gasteiger partial charge in [0.05, 0.1) is 20.4 Å². The highest BCUT2D eigenvalue weighted by atomic mass is 16.5. The minimum absolute atomic E-state index is 0.646. The van der Waals surface area contributed by atoms with Crippen LogP contribution in [0.4, 0.5) is 0 Å². The third kappa shape index (κ3) is 3.40. The van der Waals surface area contributed by atoms with Crippen molar-refractivity contribution in [3.63, 3.8) is 0 Å². The highest BCUT2D eigenvalue weighted by Gasteiger charge is 2.16. The molecule has 1 heterocycles. The fraction of sp³-hybridized carbons (Fsp3) is 0.500. The quantitative estimate of drug-likeness (QED) is 0.476. The molecule has 0 aromatic heterocycles. The lowest BCUT2D eigenvalue weighted by atomic mass is 10.1. The van der Waals surface area contributed by atoms with Crippen molar-refractivity contribution in [2.24, 2.45) is 5.16 Å². The van der Waals surface area contributed by atoms with Crippen LogP contribution in [0.1, 0.15) is 11.1 Å². The number of benzene rings is 1. The molecule has 1 aliphatic rings. The molecule has 0 aliphatic carbocycles. The molecule has 0 atom stereocenters. The third-order valence-corrected chi connectivity index (χ3v) is 3.45. The summed E-state index contributed by atoms with van der Waals surface area (Å²) in [4.78, 5) is 2.35. The highest BCUT2D eigenvalue weighted by molar-refractivity contribution is 5.85. The van der Waals surface area contributed by atoms with E-state index in [1.54, 1.807) is 20.3 Å². The molecule has 1 aliphatic heterocycles. The normalized spacial score (nSPS) is 16.5. The standard InChI is InChI=1S/C14H21N3O3/c1-19-12-7-11(10-17-5-3-15-4-6-17)13(9-16-18)14(8-12)20-2/h7-9,15,18H,3-6,10H2,1-2H3. The number of ether oxygens (including phenoxy) is 2. The van der Waals surface area contributed by atoms with Gasteiger partial charge in [0.2, 0.25) is 0 Å². The molecule has 1 saturated heterocycles. The number of rotatable bonds is 5. The SMILES string of the molecule is COc1cc(CN2CCNCC2)c(C=NO)c(OC)c1. The largest absolute Gasteiger partial charge is 0.497 e. The Kier molecular flexibility index (Phi) is 5.20. The molecule has 6 nitrogen and oxygen atoms in total. The molecule has 0 saturated carbocycles. The van der Waals surface area contributed by atoms with Crippen LogP contribution in [0.2, 0.25) is 0 Å². The van der Waals surface area contributed by atoms with Gasteiger partial charge in [-0.1, -0.05) is 5.16 Å². The fourth-order valence-corrected chi connectivity index (χ4v) is 2.39. The van der Waals surface area contributed by atoms with Gasteiger partial charge in [-0.05, 0) is 11.6 Å². The number of nitrogens with zero attached hydrogens (tertiary/aromatic N) is 2. The fourth-order valence-electron chi connectivity index (χ4n) is 2.39. The van der Waals surface area contributed by atoms with Gasteiger partial charge in [-0.3, -0.25) is 4.90 Å². The van der Waals surface area contributed by atoms with Crippen LogP contribution in [0.5, 0.6) is 11.5 Å². The Morgan fingerprint density at radius 3 is 2.65 bits per heavy atom. The van der Waals surface area contributed by atoms with E-state index in [2.05, 4.69) is 15.4 Å². The van der Waals surface area contributed by atoms with E-state index >= 15 is 0 Å². The van der Waals surface area contributed by atoms with Crippen LogP contribution >= 0.6 is 0 Å². The summed E-state index contributed by atoms with van der Waals surface area (Å²) in [6.07, 6.45) is 1.41. The predicted molar refractivity (Wildman–Crippen MR) is 77.1 cm³/mol. The van der Waals surface area contributed by atoms with Gasteiger partial charge in [-0.2, -0.15) is 0 Å². The summed E-state index contributed by atoms with van der Waals surface area (Å²) in [5, 5.41) is 15.3. The molecule has 0 unspecified atom stereocenters. The van der Waals surface area contributed by atoms with E-state index in [0.29, 0.717) is 5.75 Å². The van der Waals surface area contributed by atoms with Crippen molar-refractivity contribution in [2.75, 3.05) is 40.4 Å². The van der Waals surface area contributed by atoms with E-state index in [9.17, 15) is 0 Å². The van der Waals surface area contributed by atoms with Crippen LogP contribution in [0.3, 0.4) is 0 Å². The van der Waals surface area contributed by atoms with E-state index in [0.717, 1.165) is 49.6 Å². The molecule has 2 rings (SSSR count). The third-order valence-electron chi connectivity index (χ3n) is 3.45. The molecule has 20 heavy (non-hydrogen) atoms. The van der Waals surface area contributed by atoms with E-state index < -0.39 is 0 Å². The Hall–Kier alpha value is -1.79. The summed E-state index contributed by atoms with van der Waals surface area (Å²) in [6.45, 7) is 4.75. The molecule has 1 fully saturated rings. The molecular weight excluding hydrogens is 258 g/mol. The lowest BCUT2D eigenvalue weighted by Gasteiger charge is -2.28. The Bertz CT molecular complexity index is 471. The molecule has 0 spiro atoms. The summed E-state index contributed by atoms with van der Waals surface area (Å²) in [5.74, 6) is 1.38. The predicted octanol–water partition coefficient (Wildman–Crippen LogP) is 0.917. The van der Waals surface area contributed by atoms with Crippen molar-refractivity contribution in [2.45, 2.75) is 6.54 Å². The van der Waals surface area contributed by atoms with Crippen LogP contribution in [-0.2, 0) is 6.54 Å². The summed E-state index contributed by atoms with van der Waals surface area (Å²) in [5.41, 5.74) is 1.82. The molecular formula is C14H21N3O3. The number of oxime groups is 1. The Balaban J connectivity index is 2.31. The van der Waals surface area contributed by atoms with Crippen LogP contribution in [-0.4, -0.2) is 56.7 Å². The topological polar surface area (TPSA) is 66.3 Å². The first-order chi connectivity index (χ1) is 9.78. The maximum absolute atomic E-state index is 8.86. The number of nitrogens with one attached hydrogen (secondary N) is 1. The smallest absolute Gasteiger partial charge is 0.131 e. The van der Waals surface area contributed by atoms with Gasteiger partial charge in [0.25, 0.3) is 0 Å². The summed E-state index contributed by atoms with van der Waals surface area (Å²) in [7, 11) is 3.22. The summed E-state index contributed by atoms with van der Waals surface area (Å²) in [6, 6.07) is 3.75. The van der Waals surface area contributed by atoms with Crippen molar-refractivity contribution in [1.29, 1.82) is 0 Å². The lowest BCUT2D eigenvalue weighted by Crippen LogP contribution is -2.43. The molecule has 110 valence electrons. The second-order valence-electron chi connectivity index (χ2n) is 4.67. The first-order valence-electron chi connectivity index (χ1n) is 6.64. The van der Waals surface area contributed by atoms with Gasteiger partial charge in [0.1, 0.15) is 11.5 Å². The second-order valence-corrected chi connectivity index (χ2v) is 4.67. The van der Waals surface area contributed by atoms with Crippen LogP contribution < -0.4 is 14.8 Å². The molecule has 0 radical (unpaired) electrons. The van der Waals surface area contributed by atoms with E-state index in [-0.39, 0.29) is 0 Å². The van der Waals surface area contributed by atoms with Crippen molar-refractivity contribution < 1.29 is 14.7 Å². The molecule has 2 N–H and O–H groups in total. The van der Waals surface area contributed by atoms with Gasteiger partial charge in [-0.15, -0.1) is 0 Å². The van der Waals surface area contributed by atoms with Gasteiger partial charge in [0, 0.05) is 44.4 Å². The maximum atomic E-state index is 8.86. The zero-order valence-electron chi connectivity index (χ0n) is 11.9. The van der Waals surface area contributed by atoms with Crippen LogP contribution in [0.25, 0.3) is 0 Å². The van der Waals surface area contributed by atoms with Gasteiger partial charge in [0.15, 0.2) is 0 Å². The summed E-state index contributed by atoms with van der Waals surface area (Å²) < 4.78 is 10.7. The van der Waals surface area contributed by atoms with E-state index in [1.807, 2.05) is 6.07 Å². The molecule has 1 aromatic rings. The van der Waals surface area contributed by atoms with Crippen molar-refractivity contribution in [3.8, 4) is 11.5 Å². The van der Waals surface area contributed by atoms with Crippen molar-refractivity contribution in [1.82, 2.24) is 10.2 Å². The number of methoxy groups -OCH3 is 2. The van der Waals surface area contributed by atoms with Crippen LogP contribution in [0, 0.1) is 0 Å². The zero-order chi connectivity index (χ0) is 14.4. The number of hydrogen-bond donors (Lipinski definition) is 2. The van der Waals surface area contributed by atoms with Crippen LogP contribution in [0.15, 0.2) is 17.3 Å².